The Morgan fingerprint density at radius 1 is 0.495 bits per heavy atom. The molecular formula is C83H140O16. The molecule has 16 nitrogen and oxygen atoms in total. The van der Waals surface area contributed by atoms with E-state index < -0.39 is 58.9 Å². The van der Waals surface area contributed by atoms with Crippen LogP contribution >= 0.6 is 0 Å². The van der Waals surface area contributed by atoms with Crippen LogP contribution in [0.3, 0.4) is 0 Å². The van der Waals surface area contributed by atoms with Crippen molar-refractivity contribution >= 4 is 29.8 Å². The highest BCUT2D eigenvalue weighted by molar-refractivity contribution is 5.80. The summed E-state index contributed by atoms with van der Waals surface area (Å²) in [7, 11) is 0. The maximum atomic E-state index is 12.7. The Morgan fingerprint density at radius 2 is 0.939 bits per heavy atom. The molecule has 7 saturated carbocycles. The lowest BCUT2D eigenvalue weighted by Crippen LogP contribution is -2.54. The molecule has 0 N–H and O–H groups in total. The van der Waals surface area contributed by atoms with Crippen LogP contribution in [0.25, 0.3) is 0 Å². The Bertz CT molecular complexity index is 2570. The highest BCUT2D eigenvalue weighted by atomic mass is 16.7. The van der Waals surface area contributed by atoms with Gasteiger partial charge in [0.2, 0.25) is 25.2 Å². The number of benzene rings is 1. The lowest BCUT2D eigenvalue weighted by molar-refractivity contribution is -0.259. The van der Waals surface area contributed by atoms with Crippen molar-refractivity contribution in [3.63, 3.8) is 0 Å². The van der Waals surface area contributed by atoms with Crippen LogP contribution in [0.5, 0.6) is 5.75 Å². The predicted molar refractivity (Wildman–Crippen MR) is 388 cm³/mol. The molecule has 0 radical (unpaired) electrons. The second-order valence-electron chi connectivity index (χ2n) is 37.8. The monoisotopic (exact) mass is 1390 g/mol. The van der Waals surface area contributed by atoms with Crippen molar-refractivity contribution in [2.45, 2.75) is 368 Å². The van der Waals surface area contributed by atoms with E-state index in [0.717, 1.165) is 87.2 Å². The first-order valence-electron chi connectivity index (χ1n) is 38.8. The molecule has 99 heavy (non-hydrogen) atoms. The van der Waals surface area contributed by atoms with Crippen LogP contribution in [0.15, 0.2) is 24.3 Å². The van der Waals surface area contributed by atoms with Gasteiger partial charge in [-0.05, 0) is 248 Å². The van der Waals surface area contributed by atoms with Crippen molar-refractivity contribution in [3.05, 3.63) is 29.8 Å². The minimum absolute atomic E-state index is 0.00444. The van der Waals surface area contributed by atoms with E-state index in [1.807, 2.05) is 62.3 Å². The summed E-state index contributed by atoms with van der Waals surface area (Å²) in [5.74, 6) is 2.14. The molecule has 2 heterocycles. The van der Waals surface area contributed by atoms with Crippen molar-refractivity contribution in [2.24, 2.45) is 67.0 Å². The van der Waals surface area contributed by atoms with Crippen molar-refractivity contribution in [1.82, 2.24) is 0 Å². The molecular weight excluding hydrogens is 1250 g/mol. The zero-order valence-electron chi connectivity index (χ0n) is 66.5. The topological polar surface area (TPSA) is 187 Å². The van der Waals surface area contributed by atoms with Crippen LogP contribution in [0.4, 0.5) is 0 Å². The number of hydrogen-bond donors (Lipinski definition) is 0. The minimum Gasteiger partial charge on any atom is -0.464 e. The van der Waals surface area contributed by atoms with Crippen molar-refractivity contribution in [3.8, 4) is 5.75 Å². The SMILES string of the molecule is CCC(C)(C)C(=O)OC(OC(C)C)C12CC3CC(CC(C3)C1)C2.CCC(C)(C)C(=O)OCC(=O)OC(OCC(C)(C)C)C12CCC(CC1)C2.CCC(C)(C)C(=O)OCC(=O)OC(OCC(C)(C)C)C12CCC(CC1)O2.CCC(C)(C)c1ccc(OC(OC2CCCCC2)C(C)(C)C)cc1. The van der Waals surface area contributed by atoms with E-state index in [-0.39, 0.29) is 75.8 Å². The van der Waals surface area contributed by atoms with E-state index in [4.69, 9.17) is 52.1 Å². The summed E-state index contributed by atoms with van der Waals surface area (Å²) < 4.78 is 64.6. The van der Waals surface area contributed by atoms with Gasteiger partial charge in [0, 0.05) is 16.2 Å². The van der Waals surface area contributed by atoms with E-state index in [0.29, 0.717) is 32.2 Å². The number of esters is 5. The molecule has 0 aromatic heterocycles. The Hall–Kier alpha value is -3.83. The number of fused-ring (bicyclic) bond motifs is 4. The molecule has 2 aliphatic heterocycles. The molecule has 1 aromatic rings. The minimum atomic E-state index is -0.764. The number of rotatable bonds is 28. The molecule has 9 aliphatic rings. The molecule has 8 bridgehead atoms. The fraction of sp³-hybridized carbons (Fsp3) is 0.867. The van der Waals surface area contributed by atoms with Gasteiger partial charge in [-0.15, -0.1) is 0 Å². The van der Waals surface area contributed by atoms with Crippen LogP contribution in [-0.4, -0.2) is 105 Å². The highest BCUT2D eigenvalue weighted by Crippen LogP contribution is 2.62. The molecule has 16 heteroatoms. The summed E-state index contributed by atoms with van der Waals surface area (Å²) in [6.45, 7) is 47.2. The lowest BCUT2D eigenvalue weighted by Gasteiger charge is -2.58. The summed E-state index contributed by atoms with van der Waals surface area (Å²) in [5.41, 5.74) is -0.710. The molecule has 568 valence electrons. The van der Waals surface area contributed by atoms with Gasteiger partial charge < -0.3 is 52.1 Å². The van der Waals surface area contributed by atoms with Gasteiger partial charge in [-0.3, -0.25) is 14.4 Å². The molecule has 2 saturated heterocycles. The predicted octanol–water partition coefficient (Wildman–Crippen LogP) is 19.5. The van der Waals surface area contributed by atoms with E-state index in [2.05, 4.69) is 107 Å². The van der Waals surface area contributed by atoms with Gasteiger partial charge in [-0.1, -0.05) is 135 Å². The summed E-state index contributed by atoms with van der Waals surface area (Å²) >= 11 is 0. The van der Waals surface area contributed by atoms with E-state index >= 15 is 0 Å². The molecule has 0 amide bonds. The Labute approximate surface area is 600 Å². The van der Waals surface area contributed by atoms with Crippen LogP contribution < -0.4 is 4.74 Å². The normalized spacial score (nSPS) is 27.1. The average Bonchev–Trinajstić information content (AvgIpc) is 1.35. The molecule has 1 aromatic carbocycles. The van der Waals surface area contributed by atoms with Crippen LogP contribution in [0, 0.1) is 67.0 Å². The molecule has 9 fully saturated rings. The second-order valence-corrected chi connectivity index (χ2v) is 37.8. The number of ether oxygens (including phenoxy) is 11. The zero-order chi connectivity index (χ0) is 73.8. The fourth-order valence-electron chi connectivity index (χ4n) is 15.5. The summed E-state index contributed by atoms with van der Waals surface area (Å²) in [5, 5.41) is 0. The maximum absolute atomic E-state index is 12.7. The highest BCUT2D eigenvalue weighted by Gasteiger charge is 2.58. The number of hydrogen-bond acceptors (Lipinski definition) is 16. The first-order valence-corrected chi connectivity index (χ1v) is 38.8. The third-order valence-electron chi connectivity index (χ3n) is 23.2. The van der Waals surface area contributed by atoms with E-state index in [1.54, 1.807) is 13.8 Å². The van der Waals surface area contributed by atoms with Gasteiger partial charge in [-0.25, -0.2) is 9.59 Å². The maximum Gasteiger partial charge on any atom is 0.346 e. The third-order valence-corrected chi connectivity index (χ3v) is 23.2. The molecule has 10 rings (SSSR count). The Balaban J connectivity index is 0.000000208. The van der Waals surface area contributed by atoms with Crippen molar-refractivity contribution in [1.29, 1.82) is 0 Å². The van der Waals surface area contributed by atoms with Gasteiger partial charge in [-0.2, -0.15) is 0 Å². The Kier molecular flexibility index (Phi) is 29.6. The third kappa shape index (κ3) is 24.4. The van der Waals surface area contributed by atoms with E-state index in [1.165, 1.54) is 89.0 Å². The van der Waals surface area contributed by atoms with Crippen LogP contribution in [0.1, 0.15) is 319 Å². The number of carbonyl (C=O) groups is 5. The van der Waals surface area contributed by atoms with Gasteiger partial charge >= 0.3 is 29.8 Å². The molecule has 7 aliphatic carbocycles. The van der Waals surface area contributed by atoms with Crippen LogP contribution in [-0.2, 0) is 76.8 Å². The number of carbonyl (C=O) groups excluding carboxylic acids is 5. The first-order chi connectivity index (χ1) is 45.9. The zero-order valence-corrected chi connectivity index (χ0v) is 66.5. The van der Waals surface area contributed by atoms with Gasteiger partial charge in [0.05, 0.1) is 47.8 Å². The Morgan fingerprint density at radius 3 is 1.33 bits per heavy atom. The van der Waals surface area contributed by atoms with Crippen molar-refractivity contribution in [2.75, 3.05) is 26.4 Å². The summed E-state index contributed by atoms with van der Waals surface area (Å²) in [4.78, 5) is 61.4. The summed E-state index contributed by atoms with van der Waals surface area (Å²) in [6, 6.07) is 8.57. The quantitative estimate of drug-likeness (QED) is 0.0437. The lowest BCUT2D eigenvalue weighted by atomic mass is 9.49. The molecule has 4 unspecified atom stereocenters. The van der Waals surface area contributed by atoms with Gasteiger partial charge in [0.25, 0.3) is 0 Å². The standard InChI is InChI=1S/C22H36O2.C21H36O5.C20H34O6.C20H34O3/c1-7-22(5,6)17-13-15-19(16-14-17)24-20(21(2,3)4)23-18-11-9-8-10-12-18;1-7-20(5,6)17(23)24-13-16(22)26-18(25-14-19(2,3)4)21-10-8-15(12-21)9-11-21;1-7-19(5,6)16(22)23-12-15(21)25-17(24-13-18(2,3)4)20-10-8-14(26-20)9-11-20;1-6-19(4,5)17(21)23-18(22-13(2)3)20-10-14-7-15(11-20)9-16(8-14)12-20/h13-16,18,20H,7-12H2,1-6H3;15,18H,7-14H2,1-6H3;14,17H,7-13H2,1-6H3;13-16,18H,6-12H2,1-5H3. The fourth-order valence-corrected chi connectivity index (χ4v) is 15.5. The van der Waals surface area contributed by atoms with Crippen molar-refractivity contribution < 1.29 is 76.1 Å². The first kappa shape index (κ1) is 84.1. The second kappa shape index (κ2) is 34.8. The molecule has 4 atom stereocenters. The van der Waals surface area contributed by atoms with E-state index in [9.17, 15) is 24.0 Å². The van der Waals surface area contributed by atoms with Crippen LogP contribution in [0.2, 0.25) is 0 Å². The average molecular weight is 1390 g/mol. The summed E-state index contributed by atoms with van der Waals surface area (Å²) in [6.07, 6.45) is 25.1. The molecule has 0 spiro atoms. The smallest absolute Gasteiger partial charge is 0.346 e. The van der Waals surface area contributed by atoms with Gasteiger partial charge in [0.1, 0.15) is 11.4 Å². The van der Waals surface area contributed by atoms with Gasteiger partial charge in [0.15, 0.2) is 13.2 Å². The largest absolute Gasteiger partial charge is 0.464 e.